The van der Waals surface area contributed by atoms with E-state index in [-0.39, 0.29) is 0 Å². The highest BCUT2D eigenvalue weighted by Gasteiger charge is 2.29. The van der Waals surface area contributed by atoms with Crippen LogP contribution in [0.15, 0.2) is 54.6 Å². The lowest BCUT2D eigenvalue weighted by Crippen LogP contribution is -2.34. The number of benzene rings is 2. The van der Waals surface area contributed by atoms with Crippen molar-refractivity contribution in [1.82, 2.24) is 0 Å². The van der Waals surface area contributed by atoms with Gasteiger partial charge in [0.15, 0.2) is 0 Å². The third-order valence-corrected chi connectivity index (χ3v) is 4.05. The summed E-state index contributed by atoms with van der Waals surface area (Å²) in [4.78, 5) is 0.631. The Bertz CT molecular complexity index is 518. The lowest BCUT2D eigenvalue weighted by molar-refractivity contribution is 0.129. The van der Waals surface area contributed by atoms with Crippen molar-refractivity contribution in [1.29, 1.82) is 0 Å². The normalized spacial score (nSPS) is 22.3. The second kappa shape index (κ2) is 5.15. The van der Waals surface area contributed by atoms with E-state index < -0.39 is 0 Å². The average Bonchev–Trinajstić information content (AvgIpc) is 2.39. The molecule has 2 aromatic carbocycles. The molecule has 2 heteroatoms. The molecular formula is C16H15BrO. The maximum absolute atomic E-state index is 6.08. The van der Waals surface area contributed by atoms with Gasteiger partial charge in [0, 0.05) is 10.4 Å². The molecule has 0 amide bonds. The Balaban J connectivity index is 1.86. The number of alkyl halides is 1. The molecule has 0 N–H and O–H groups in total. The van der Waals surface area contributed by atoms with Crippen molar-refractivity contribution in [3.8, 4) is 16.9 Å². The number of halogens is 1. The molecule has 0 unspecified atom stereocenters. The van der Waals surface area contributed by atoms with E-state index >= 15 is 0 Å². The van der Waals surface area contributed by atoms with Gasteiger partial charge in [-0.2, -0.15) is 0 Å². The number of hydrogen-bond donors (Lipinski definition) is 0. The molecule has 1 aliphatic carbocycles. The molecule has 2 aromatic rings. The van der Waals surface area contributed by atoms with Crippen molar-refractivity contribution in [2.75, 3.05) is 0 Å². The highest BCUT2D eigenvalue weighted by molar-refractivity contribution is 9.09. The summed E-state index contributed by atoms with van der Waals surface area (Å²) in [6.07, 6.45) is 2.56. The van der Waals surface area contributed by atoms with Crippen LogP contribution in [-0.4, -0.2) is 10.9 Å². The van der Waals surface area contributed by atoms with Crippen molar-refractivity contribution >= 4 is 15.9 Å². The molecule has 0 bridgehead atoms. The third kappa shape index (κ3) is 2.44. The highest BCUT2D eigenvalue weighted by Crippen LogP contribution is 2.35. The molecule has 0 aliphatic heterocycles. The van der Waals surface area contributed by atoms with E-state index in [0.717, 1.165) is 18.6 Å². The third-order valence-electron chi connectivity index (χ3n) is 3.30. The van der Waals surface area contributed by atoms with Crippen molar-refractivity contribution in [3.05, 3.63) is 54.6 Å². The Morgan fingerprint density at radius 3 is 2.28 bits per heavy atom. The zero-order valence-corrected chi connectivity index (χ0v) is 11.6. The number of hydrogen-bond acceptors (Lipinski definition) is 1. The number of ether oxygens (including phenoxy) is 1. The first-order valence-corrected chi connectivity index (χ1v) is 7.19. The fourth-order valence-electron chi connectivity index (χ4n) is 2.20. The topological polar surface area (TPSA) is 9.23 Å². The van der Waals surface area contributed by atoms with Gasteiger partial charge in [0.25, 0.3) is 0 Å². The van der Waals surface area contributed by atoms with Gasteiger partial charge in [-0.1, -0.05) is 64.5 Å². The summed E-state index contributed by atoms with van der Waals surface area (Å²) in [5, 5.41) is 0. The van der Waals surface area contributed by atoms with E-state index in [9.17, 15) is 0 Å². The maximum Gasteiger partial charge on any atom is 0.127 e. The van der Waals surface area contributed by atoms with Gasteiger partial charge in [0.2, 0.25) is 0 Å². The maximum atomic E-state index is 6.08. The van der Waals surface area contributed by atoms with Gasteiger partial charge in [-0.25, -0.2) is 0 Å². The Morgan fingerprint density at radius 1 is 0.889 bits per heavy atom. The van der Waals surface area contributed by atoms with E-state index in [4.69, 9.17) is 4.74 Å². The minimum Gasteiger partial charge on any atom is -0.490 e. The second-order valence-corrected chi connectivity index (χ2v) is 5.97. The van der Waals surface area contributed by atoms with Gasteiger partial charge in [-0.05, 0) is 24.5 Å². The number of para-hydroxylation sites is 1. The van der Waals surface area contributed by atoms with E-state index in [1.165, 1.54) is 11.1 Å². The van der Waals surface area contributed by atoms with Crippen LogP contribution in [0.3, 0.4) is 0 Å². The van der Waals surface area contributed by atoms with Crippen LogP contribution in [0, 0.1) is 0 Å². The van der Waals surface area contributed by atoms with Crippen LogP contribution >= 0.6 is 15.9 Å². The van der Waals surface area contributed by atoms with Gasteiger partial charge >= 0.3 is 0 Å². The summed E-state index contributed by atoms with van der Waals surface area (Å²) in [7, 11) is 0. The van der Waals surface area contributed by atoms with Crippen LogP contribution in [0.4, 0.5) is 0 Å². The molecule has 1 nitrogen and oxygen atoms in total. The van der Waals surface area contributed by atoms with Gasteiger partial charge in [0.1, 0.15) is 11.9 Å². The van der Waals surface area contributed by atoms with Gasteiger partial charge in [-0.3, -0.25) is 0 Å². The summed E-state index contributed by atoms with van der Waals surface area (Å²) in [5.41, 5.74) is 2.39. The predicted molar refractivity (Wildman–Crippen MR) is 78.2 cm³/mol. The van der Waals surface area contributed by atoms with Gasteiger partial charge in [-0.15, -0.1) is 0 Å². The minimum atomic E-state index is 0.360. The van der Waals surface area contributed by atoms with E-state index in [1.54, 1.807) is 0 Å². The molecule has 92 valence electrons. The van der Waals surface area contributed by atoms with Crippen LogP contribution in [0.25, 0.3) is 11.1 Å². The molecule has 0 saturated heterocycles. The summed E-state index contributed by atoms with van der Waals surface area (Å²) in [5.74, 6) is 0.994. The standard InChI is InChI=1S/C16H15BrO/c17-13-10-14(11-13)18-16-9-5-4-8-15(16)12-6-2-1-3-7-12/h1-9,13-14H,10-11H2. The van der Waals surface area contributed by atoms with Crippen LogP contribution in [0.5, 0.6) is 5.75 Å². The fraction of sp³-hybridized carbons (Fsp3) is 0.250. The van der Waals surface area contributed by atoms with Gasteiger partial charge < -0.3 is 4.74 Å². The molecule has 1 aliphatic rings. The average molecular weight is 303 g/mol. The summed E-state index contributed by atoms with van der Waals surface area (Å²) < 4.78 is 6.08. The van der Waals surface area contributed by atoms with E-state index in [1.807, 2.05) is 12.1 Å². The molecule has 0 radical (unpaired) electrons. The lowest BCUT2D eigenvalue weighted by atomic mass is 9.95. The fourth-order valence-corrected chi connectivity index (χ4v) is 3.04. The predicted octanol–water partition coefficient (Wildman–Crippen LogP) is 4.66. The zero-order valence-electron chi connectivity index (χ0n) is 10.1. The van der Waals surface area contributed by atoms with Crippen molar-refractivity contribution in [2.24, 2.45) is 0 Å². The Morgan fingerprint density at radius 2 is 1.56 bits per heavy atom. The lowest BCUT2D eigenvalue weighted by Gasteiger charge is -2.32. The Kier molecular flexibility index (Phi) is 3.37. The quantitative estimate of drug-likeness (QED) is 0.749. The first-order chi connectivity index (χ1) is 8.83. The molecule has 1 saturated carbocycles. The van der Waals surface area contributed by atoms with E-state index in [0.29, 0.717) is 10.9 Å². The zero-order chi connectivity index (χ0) is 12.4. The minimum absolute atomic E-state index is 0.360. The summed E-state index contributed by atoms with van der Waals surface area (Å²) >= 11 is 3.60. The molecule has 0 atom stereocenters. The monoisotopic (exact) mass is 302 g/mol. The molecule has 3 rings (SSSR count). The van der Waals surface area contributed by atoms with Crippen molar-refractivity contribution < 1.29 is 4.74 Å². The SMILES string of the molecule is BrC1CC(Oc2ccccc2-c2ccccc2)C1. The summed E-state index contributed by atoms with van der Waals surface area (Å²) in [6, 6.07) is 18.7. The van der Waals surface area contributed by atoms with Crippen LogP contribution in [0.1, 0.15) is 12.8 Å². The van der Waals surface area contributed by atoms with Gasteiger partial charge in [0.05, 0.1) is 0 Å². The molecule has 0 heterocycles. The molecule has 0 spiro atoms. The highest BCUT2D eigenvalue weighted by atomic mass is 79.9. The first-order valence-electron chi connectivity index (χ1n) is 6.28. The second-order valence-electron chi connectivity index (χ2n) is 4.67. The molecular weight excluding hydrogens is 288 g/mol. The molecule has 0 aromatic heterocycles. The van der Waals surface area contributed by atoms with Crippen LogP contribution < -0.4 is 4.74 Å². The van der Waals surface area contributed by atoms with Crippen molar-refractivity contribution in [3.63, 3.8) is 0 Å². The molecule has 1 fully saturated rings. The Hall–Kier alpha value is -1.28. The van der Waals surface area contributed by atoms with E-state index in [2.05, 4.69) is 58.4 Å². The largest absolute Gasteiger partial charge is 0.490 e. The number of rotatable bonds is 3. The van der Waals surface area contributed by atoms with Crippen LogP contribution in [-0.2, 0) is 0 Å². The van der Waals surface area contributed by atoms with Crippen LogP contribution in [0.2, 0.25) is 0 Å². The van der Waals surface area contributed by atoms with Crippen molar-refractivity contribution in [2.45, 2.75) is 23.8 Å². The molecule has 18 heavy (non-hydrogen) atoms. The first kappa shape index (κ1) is 11.8. The smallest absolute Gasteiger partial charge is 0.127 e. The summed E-state index contributed by atoms with van der Waals surface area (Å²) in [6.45, 7) is 0. The Labute approximate surface area is 116 Å².